The van der Waals surface area contributed by atoms with Gasteiger partial charge in [-0.2, -0.15) is 0 Å². The van der Waals surface area contributed by atoms with Gasteiger partial charge < -0.3 is 10.0 Å². The lowest BCUT2D eigenvalue weighted by molar-refractivity contribution is 0.0525. The normalized spacial score (nSPS) is 15.3. The van der Waals surface area contributed by atoms with Crippen LogP contribution >= 0.6 is 0 Å². The first-order valence-electron chi connectivity index (χ1n) is 5.99. The van der Waals surface area contributed by atoms with Gasteiger partial charge in [-0.1, -0.05) is 0 Å². The molecule has 0 aliphatic heterocycles. The van der Waals surface area contributed by atoms with E-state index in [1.54, 1.807) is 0 Å². The van der Waals surface area contributed by atoms with E-state index in [0.717, 1.165) is 37.5 Å². The van der Waals surface area contributed by atoms with Gasteiger partial charge in [0.25, 0.3) is 5.91 Å². The number of halogens is 2. The first kappa shape index (κ1) is 13.0. The zero-order chi connectivity index (χ0) is 13.1. The summed E-state index contributed by atoms with van der Waals surface area (Å²) in [5.41, 5.74) is -0.00662. The van der Waals surface area contributed by atoms with E-state index in [4.69, 9.17) is 5.11 Å². The Kier molecular flexibility index (Phi) is 3.91. The second-order valence-corrected chi connectivity index (χ2v) is 4.47. The quantitative estimate of drug-likeness (QED) is 0.893. The fourth-order valence-corrected chi connectivity index (χ4v) is 2.10. The number of amides is 1. The zero-order valence-corrected chi connectivity index (χ0v) is 9.90. The Morgan fingerprint density at radius 1 is 1.28 bits per heavy atom. The van der Waals surface area contributed by atoms with Crippen molar-refractivity contribution >= 4 is 5.91 Å². The molecule has 1 aliphatic carbocycles. The van der Waals surface area contributed by atoms with Gasteiger partial charge >= 0.3 is 0 Å². The highest BCUT2D eigenvalue weighted by Gasteiger charge is 2.29. The fourth-order valence-electron chi connectivity index (χ4n) is 2.10. The minimum absolute atomic E-state index is 0.00662. The van der Waals surface area contributed by atoms with Gasteiger partial charge in [0, 0.05) is 24.2 Å². The van der Waals surface area contributed by atoms with Crippen molar-refractivity contribution in [3.05, 3.63) is 35.4 Å². The first-order chi connectivity index (χ1) is 8.61. The molecule has 0 saturated heterocycles. The van der Waals surface area contributed by atoms with E-state index >= 15 is 0 Å². The molecule has 1 saturated carbocycles. The Labute approximate surface area is 104 Å². The summed E-state index contributed by atoms with van der Waals surface area (Å²) in [5.74, 6) is -1.96. The van der Waals surface area contributed by atoms with Crippen molar-refractivity contribution in [2.45, 2.75) is 25.3 Å². The summed E-state index contributed by atoms with van der Waals surface area (Å²) in [4.78, 5) is 13.7. The monoisotopic (exact) mass is 255 g/mol. The zero-order valence-electron chi connectivity index (χ0n) is 9.90. The van der Waals surface area contributed by atoms with Crippen LogP contribution in [0.1, 0.15) is 29.6 Å². The summed E-state index contributed by atoms with van der Waals surface area (Å²) in [6.07, 6.45) is 2.80. The van der Waals surface area contributed by atoms with E-state index in [-0.39, 0.29) is 24.8 Å². The molecule has 0 aromatic heterocycles. The molecular formula is C13H15F2NO2. The van der Waals surface area contributed by atoms with Crippen LogP contribution in [0.5, 0.6) is 0 Å². The third-order valence-electron chi connectivity index (χ3n) is 3.23. The SMILES string of the molecule is O=C(c1cc(F)cc(F)c1)N(CCO)C1CCC1. The average molecular weight is 255 g/mol. The minimum atomic E-state index is -0.768. The number of rotatable bonds is 4. The highest BCUT2D eigenvalue weighted by Crippen LogP contribution is 2.26. The van der Waals surface area contributed by atoms with Gasteiger partial charge in [0.1, 0.15) is 11.6 Å². The van der Waals surface area contributed by atoms with Gasteiger partial charge in [0.2, 0.25) is 0 Å². The molecule has 18 heavy (non-hydrogen) atoms. The van der Waals surface area contributed by atoms with Gasteiger partial charge in [-0.3, -0.25) is 4.79 Å². The van der Waals surface area contributed by atoms with Crippen LogP contribution in [0.2, 0.25) is 0 Å². The van der Waals surface area contributed by atoms with Crippen LogP contribution in [0.3, 0.4) is 0 Å². The molecule has 1 N–H and O–H groups in total. The molecule has 1 aromatic carbocycles. The number of aliphatic hydroxyl groups is 1. The third kappa shape index (κ3) is 2.67. The number of benzene rings is 1. The molecule has 0 heterocycles. The maximum atomic E-state index is 13.1. The largest absolute Gasteiger partial charge is 0.395 e. The van der Waals surface area contributed by atoms with Crippen LogP contribution in [0.4, 0.5) is 8.78 Å². The summed E-state index contributed by atoms with van der Waals surface area (Å²) in [6, 6.07) is 2.86. The molecule has 0 spiro atoms. The molecule has 0 bridgehead atoms. The topological polar surface area (TPSA) is 40.5 Å². The van der Waals surface area contributed by atoms with Crippen LogP contribution in [-0.2, 0) is 0 Å². The molecule has 1 aliphatic rings. The maximum absolute atomic E-state index is 13.1. The number of aliphatic hydroxyl groups excluding tert-OH is 1. The van der Waals surface area contributed by atoms with Crippen LogP contribution < -0.4 is 0 Å². The van der Waals surface area contributed by atoms with E-state index < -0.39 is 17.5 Å². The van der Waals surface area contributed by atoms with Crippen LogP contribution in [0.15, 0.2) is 18.2 Å². The van der Waals surface area contributed by atoms with Crippen molar-refractivity contribution in [2.75, 3.05) is 13.2 Å². The Morgan fingerprint density at radius 3 is 2.33 bits per heavy atom. The van der Waals surface area contributed by atoms with E-state index in [1.807, 2.05) is 0 Å². The van der Waals surface area contributed by atoms with E-state index in [1.165, 1.54) is 4.90 Å². The Balaban J connectivity index is 2.21. The van der Waals surface area contributed by atoms with Crippen LogP contribution in [0.25, 0.3) is 0 Å². The summed E-state index contributed by atoms with van der Waals surface area (Å²) in [5, 5.41) is 8.97. The highest BCUT2D eigenvalue weighted by molar-refractivity contribution is 5.94. The fraction of sp³-hybridized carbons (Fsp3) is 0.462. The number of hydrogen-bond donors (Lipinski definition) is 1. The Bertz CT molecular complexity index is 426. The lowest BCUT2D eigenvalue weighted by Crippen LogP contribution is -2.45. The number of nitrogens with zero attached hydrogens (tertiary/aromatic N) is 1. The maximum Gasteiger partial charge on any atom is 0.254 e. The molecule has 3 nitrogen and oxygen atoms in total. The second kappa shape index (κ2) is 5.44. The van der Waals surface area contributed by atoms with Crippen LogP contribution in [0, 0.1) is 11.6 Å². The molecule has 98 valence electrons. The molecular weight excluding hydrogens is 240 g/mol. The van der Waals surface area contributed by atoms with Crippen molar-refractivity contribution in [3.63, 3.8) is 0 Å². The van der Waals surface area contributed by atoms with Crippen molar-refractivity contribution < 1.29 is 18.7 Å². The lowest BCUT2D eigenvalue weighted by Gasteiger charge is -2.37. The van der Waals surface area contributed by atoms with Gasteiger partial charge in [-0.15, -0.1) is 0 Å². The smallest absolute Gasteiger partial charge is 0.254 e. The molecule has 0 atom stereocenters. The lowest BCUT2D eigenvalue weighted by atomic mass is 9.91. The van der Waals surface area contributed by atoms with Gasteiger partial charge in [0.15, 0.2) is 0 Å². The summed E-state index contributed by atoms with van der Waals surface area (Å²) in [6.45, 7) is 0.0433. The van der Waals surface area contributed by atoms with E-state index in [0.29, 0.717) is 0 Å². The molecule has 1 aromatic rings. The van der Waals surface area contributed by atoms with Crippen molar-refractivity contribution in [1.29, 1.82) is 0 Å². The Morgan fingerprint density at radius 2 is 1.89 bits per heavy atom. The molecule has 2 rings (SSSR count). The second-order valence-electron chi connectivity index (χ2n) is 4.47. The molecule has 1 amide bonds. The van der Waals surface area contributed by atoms with Crippen molar-refractivity contribution in [2.24, 2.45) is 0 Å². The predicted molar refractivity (Wildman–Crippen MR) is 62.1 cm³/mol. The molecule has 5 heteroatoms. The molecule has 1 fully saturated rings. The Hall–Kier alpha value is -1.49. The van der Waals surface area contributed by atoms with E-state index in [2.05, 4.69) is 0 Å². The third-order valence-corrected chi connectivity index (χ3v) is 3.23. The summed E-state index contributed by atoms with van der Waals surface area (Å²) >= 11 is 0. The van der Waals surface area contributed by atoms with Crippen molar-refractivity contribution in [3.8, 4) is 0 Å². The van der Waals surface area contributed by atoms with E-state index in [9.17, 15) is 13.6 Å². The molecule has 0 radical (unpaired) electrons. The van der Waals surface area contributed by atoms with Crippen LogP contribution in [-0.4, -0.2) is 35.1 Å². The molecule has 0 unspecified atom stereocenters. The van der Waals surface area contributed by atoms with Gasteiger partial charge in [0.05, 0.1) is 6.61 Å². The van der Waals surface area contributed by atoms with Gasteiger partial charge in [-0.05, 0) is 31.4 Å². The minimum Gasteiger partial charge on any atom is -0.395 e. The number of carbonyl (C=O) groups is 1. The first-order valence-corrected chi connectivity index (χ1v) is 5.99. The number of hydrogen-bond acceptors (Lipinski definition) is 2. The number of carbonyl (C=O) groups excluding carboxylic acids is 1. The summed E-state index contributed by atoms with van der Waals surface area (Å²) < 4.78 is 26.1. The predicted octanol–water partition coefficient (Wildman–Crippen LogP) is 1.95. The van der Waals surface area contributed by atoms with Gasteiger partial charge in [-0.25, -0.2) is 8.78 Å². The highest BCUT2D eigenvalue weighted by atomic mass is 19.1. The average Bonchev–Trinajstić information content (AvgIpc) is 2.23. The summed E-state index contributed by atoms with van der Waals surface area (Å²) in [7, 11) is 0. The standard InChI is InChI=1S/C13H15F2NO2/c14-10-6-9(7-11(15)8-10)13(18)16(4-5-17)12-2-1-3-12/h6-8,12,17H,1-5H2. The van der Waals surface area contributed by atoms with Crippen molar-refractivity contribution in [1.82, 2.24) is 4.90 Å².